The minimum absolute atomic E-state index is 0.210. The lowest BCUT2D eigenvalue weighted by atomic mass is 10.0. The van der Waals surface area contributed by atoms with Gasteiger partial charge in [0, 0.05) is 13.3 Å². The fraction of sp³-hybridized carbons (Fsp3) is 0.545. The minimum atomic E-state index is -0.943. The highest BCUT2D eigenvalue weighted by molar-refractivity contribution is 5.94. The number of primary amides is 1. The van der Waals surface area contributed by atoms with Crippen molar-refractivity contribution in [2.45, 2.75) is 64.6 Å². The first-order valence-electron chi connectivity index (χ1n) is 10.6. The lowest BCUT2D eigenvalue weighted by molar-refractivity contribution is -0.133. The first-order chi connectivity index (χ1) is 14.6. The van der Waals surface area contributed by atoms with Gasteiger partial charge in [-0.3, -0.25) is 19.2 Å². The molecule has 0 aliphatic rings. The van der Waals surface area contributed by atoms with E-state index in [1.54, 1.807) is 13.8 Å². The molecule has 0 aliphatic carbocycles. The number of benzene rings is 1. The van der Waals surface area contributed by atoms with Crippen molar-refractivity contribution in [3.05, 3.63) is 35.9 Å². The van der Waals surface area contributed by atoms with Gasteiger partial charge >= 0.3 is 0 Å². The predicted octanol–water partition coefficient (Wildman–Crippen LogP) is -0.0263. The number of rotatable bonds is 13. The number of nitrogens with one attached hydrogen (secondary N) is 3. The zero-order valence-electron chi connectivity index (χ0n) is 18.5. The topological polar surface area (TPSA) is 156 Å². The third kappa shape index (κ3) is 9.61. The van der Waals surface area contributed by atoms with E-state index in [0.717, 1.165) is 5.56 Å². The largest absolute Gasteiger partial charge is 0.368 e. The molecule has 3 atom stereocenters. The number of nitrogens with two attached hydrogens (primary N) is 2. The SMILES string of the molecule is CC(=O)N[C@@H](CCCCN)C(=O)N[C@@H](Cc1ccccc1)C(=O)N[C@H](C(N)=O)C(C)C. The molecule has 9 nitrogen and oxygen atoms in total. The summed E-state index contributed by atoms with van der Waals surface area (Å²) in [4.78, 5) is 49.1. The van der Waals surface area contributed by atoms with Crippen LogP contribution in [0.25, 0.3) is 0 Å². The van der Waals surface area contributed by atoms with Crippen molar-refractivity contribution in [1.29, 1.82) is 0 Å². The lowest BCUT2D eigenvalue weighted by Gasteiger charge is -2.26. The Morgan fingerprint density at radius 3 is 2.03 bits per heavy atom. The monoisotopic (exact) mass is 433 g/mol. The fourth-order valence-electron chi connectivity index (χ4n) is 3.16. The van der Waals surface area contributed by atoms with Crippen LogP contribution < -0.4 is 27.4 Å². The maximum absolute atomic E-state index is 13.0. The van der Waals surface area contributed by atoms with Crippen LogP contribution in [0.15, 0.2) is 30.3 Å². The molecule has 172 valence electrons. The molecule has 9 heteroatoms. The van der Waals surface area contributed by atoms with Gasteiger partial charge in [-0.25, -0.2) is 0 Å². The van der Waals surface area contributed by atoms with E-state index in [-0.39, 0.29) is 18.2 Å². The van der Waals surface area contributed by atoms with Crippen LogP contribution in [0, 0.1) is 5.92 Å². The second-order valence-electron chi connectivity index (χ2n) is 7.92. The Morgan fingerprint density at radius 2 is 1.52 bits per heavy atom. The van der Waals surface area contributed by atoms with Gasteiger partial charge < -0.3 is 27.4 Å². The Labute approximate surface area is 183 Å². The molecule has 0 fully saturated rings. The molecule has 0 saturated carbocycles. The lowest BCUT2D eigenvalue weighted by Crippen LogP contribution is -2.57. The number of carbonyl (C=O) groups is 4. The van der Waals surface area contributed by atoms with Gasteiger partial charge in [0.25, 0.3) is 0 Å². The molecule has 0 unspecified atom stereocenters. The molecule has 0 heterocycles. The van der Waals surface area contributed by atoms with E-state index in [2.05, 4.69) is 16.0 Å². The molecule has 0 radical (unpaired) electrons. The first-order valence-corrected chi connectivity index (χ1v) is 10.6. The number of unbranched alkanes of at least 4 members (excludes halogenated alkanes) is 1. The Balaban J connectivity index is 3.02. The van der Waals surface area contributed by atoms with Crippen LogP contribution in [0.3, 0.4) is 0 Å². The highest BCUT2D eigenvalue weighted by atomic mass is 16.2. The summed E-state index contributed by atoms with van der Waals surface area (Å²) in [5, 5.41) is 8.00. The number of amides is 4. The summed E-state index contributed by atoms with van der Waals surface area (Å²) in [6.45, 7) is 5.35. The van der Waals surface area contributed by atoms with Gasteiger partial charge in [0.2, 0.25) is 23.6 Å². The summed E-state index contributed by atoms with van der Waals surface area (Å²) < 4.78 is 0. The van der Waals surface area contributed by atoms with Crippen molar-refractivity contribution >= 4 is 23.6 Å². The molecular formula is C22H35N5O4. The van der Waals surface area contributed by atoms with Gasteiger partial charge in [0.05, 0.1) is 0 Å². The second kappa shape index (κ2) is 13.4. The van der Waals surface area contributed by atoms with E-state index in [1.165, 1.54) is 6.92 Å². The van der Waals surface area contributed by atoms with Crippen LogP contribution in [0.1, 0.15) is 45.6 Å². The number of carbonyl (C=O) groups excluding carboxylic acids is 4. The summed E-state index contributed by atoms with van der Waals surface area (Å²) in [6, 6.07) is 6.61. The van der Waals surface area contributed by atoms with Crippen LogP contribution >= 0.6 is 0 Å². The van der Waals surface area contributed by atoms with Gasteiger partial charge in [0.1, 0.15) is 18.1 Å². The van der Waals surface area contributed by atoms with Gasteiger partial charge in [-0.05, 0) is 37.3 Å². The average Bonchev–Trinajstić information content (AvgIpc) is 2.70. The van der Waals surface area contributed by atoms with E-state index in [4.69, 9.17) is 11.5 Å². The molecule has 0 aromatic heterocycles. The second-order valence-corrected chi connectivity index (χ2v) is 7.92. The first kappa shape index (κ1) is 26.1. The molecule has 0 aliphatic heterocycles. The third-order valence-electron chi connectivity index (χ3n) is 4.83. The zero-order valence-corrected chi connectivity index (χ0v) is 18.5. The quantitative estimate of drug-likeness (QED) is 0.276. The highest BCUT2D eigenvalue weighted by Crippen LogP contribution is 2.08. The number of hydrogen-bond donors (Lipinski definition) is 5. The molecule has 7 N–H and O–H groups in total. The maximum Gasteiger partial charge on any atom is 0.243 e. The normalized spacial score (nSPS) is 13.7. The average molecular weight is 434 g/mol. The van der Waals surface area contributed by atoms with E-state index in [1.807, 2.05) is 30.3 Å². The Hall–Kier alpha value is -2.94. The molecule has 1 aromatic carbocycles. The predicted molar refractivity (Wildman–Crippen MR) is 119 cm³/mol. The molecule has 31 heavy (non-hydrogen) atoms. The molecule has 1 rings (SSSR count). The standard InChI is InChI=1S/C22H35N5O4/c1-14(2)19(20(24)29)27-22(31)18(13-16-9-5-4-6-10-16)26-21(30)17(25-15(3)28)11-7-8-12-23/h4-6,9-10,14,17-19H,7-8,11-13,23H2,1-3H3,(H2,24,29)(H,25,28)(H,26,30)(H,27,31)/t17-,18-,19-/m0/s1. The molecule has 4 amide bonds. The fourth-order valence-corrected chi connectivity index (χ4v) is 3.16. The summed E-state index contributed by atoms with van der Waals surface area (Å²) in [5.74, 6) is -2.18. The molecular weight excluding hydrogens is 398 g/mol. The van der Waals surface area contributed by atoms with Gasteiger partial charge in [-0.1, -0.05) is 44.2 Å². The smallest absolute Gasteiger partial charge is 0.243 e. The molecule has 0 saturated heterocycles. The van der Waals surface area contributed by atoms with E-state index in [0.29, 0.717) is 25.8 Å². The minimum Gasteiger partial charge on any atom is -0.368 e. The molecule has 0 spiro atoms. The Bertz CT molecular complexity index is 739. The van der Waals surface area contributed by atoms with Gasteiger partial charge in [0.15, 0.2) is 0 Å². The summed E-state index contributed by atoms with van der Waals surface area (Å²) in [7, 11) is 0. The summed E-state index contributed by atoms with van der Waals surface area (Å²) in [5.41, 5.74) is 11.8. The number of hydrogen-bond acceptors (Lipinski definition) is 5. The van der Waals surface area contributed by atoms with Gasteiger partial charge in [-0.2, -0.15) is 0 Å². The Kier molecular flexibility index (Phi) is 11.3. The van der Waals surface area contributed by atoms with Crippen LogP contribution in [0.5, 0.6) is 0 Å². The summed E-state index contributed by atoms with van der Waals surface area (Å²) >= 11 is 0. The van der Waals surface area contributed by atoms with Crippen molar-refractivity contribution in [3.8, 4) is 0 Å². The molecule has 0 bridgehead atoms. The van der Waals surface area contributed by atoms with E-state index >= 15 is 0 Å². The van der Waals surface area contributed by atoms with Crippen molar-refractivity contribution in [1.82, 2.24) is 16.0 Å². The van der Waals surface area contributed by atoms with Crippen molar-refractivity contribution in [3.63, 3.8) is 0 Å². The highest BCUT2D eigenvalue weighted by Gasteiger charge is 2.29. The van der Waals surface area contributed by atoms with Crippen LogP contribution in [0.2, 0.25) is 0 Å². The van der Waals surface area contributed by atoms with Crippen LogP contribution in [-0.2, 0) is 25.6 Å². The van der Waals surface area contributed by atoms with Crippen molar-refractivity contribution in [2.75, 3.05) is 6.54 Å². The van der Waals surface area contributed by atoms with E-state index < -0.39 is 35.8 Å². The van der Waals surface area contributed by atoms with E-state index in [9.17, 15) is 19.2 Å². The molecule has 1 aromatic rings. The van der Waals surface area contributed by atoms with Crippen molar-refractivity contribution < 1.29 is 19.2 Å². The Morgan fingerprint density at radius 1 is 0.903 bits per heavy atom. The van der Waals surface area contributed by atoms with Crippen LogP contribution in [-0.4, -0.2) is 48.3 Å². The van der Waals surface area contributed by atoms with Crippen LogP contribution in [0.4, 0.5) is 0 Å². The summed E-state index contributed by atoms with van der Waals surface area (Å²) in [6.07, 6.45) is 1.99. The third-order valence-corrected chi connectivity index (χ3v) is 4.83. The maximum atomic E-state index is 13.0. The van der Waals surface area contributed by atoms with Gasteiger partial charge in [-0.15, -0.1) is 0 Å². The zero-order chi connectivity index (χ0) is 23.4. The van der Waals surface area contributed by atoms with Crippen molar-refractivity contribution in [2.24, 2.45) is 17.4 Å².